The normalized spacial score (nSPS) is 31.5. The molecule has 2 rings (SSSR count). The predicted octanol–water partition coefficient (Wildman–Crippen LogP) is 0.128. The molecule has 1 aliphatic carbocycles. The summed E-state index contributed by atoms with van der Waals surface area (Å²) in [6.07, 6.45) is 3.27. The first-order chi connectivity index (χ1) is 6.63. The number of aromatic nitrogens is 4. The Morgan fingerprint density at radius 1 is 1.57 bits per heavy atom. The van der Waals surface area contributed by atoms with Crippen molar-refractivity contribution in [2.75, 3.05) is 6.54 Å². The first-order valence-electron chi connectivity index (χ1n) is 5.06. The molecule has 0 aliphatic heterocycles. The topological polar surface area (TPSA) is 69.6 Å². The fraction of sp³-hybridized carbons (Fsp3) is 0.889. The molecular formula is C9H17N5. The van der Waals surface area contributed by atoms with E-state index in [9.17, 15) is 0 Å². The molecule has 14 heavy (non-hydrogen) atoms. The van der Waals surface area contributed by atoms with Crippen molar-refractivity contribution in [3.05, 3.63) is 5.82 Å². The van der Waals surface area contributed by atoms with Gasteiger partial charge in [-0.25, -0.2) is 0 Å². The first-order valence-corrected chi connectivity index (χ1v) is 5.06. The standard InChI is InChI=1S/C9H17N5/c1-7-3-9(4-7,6-10)5-8-11-13-14(2)12-8/h7H,3-6,10H2,1-2H3. The van der Waals surface area contributed by atoms with Gasteiger partial charge in [0, 0.05) is 6.42 Å². The van der Waals surface area contributed by atoms with Gasteiger partial charge in [-0.2, -0.15) is 4.80 Å². The van der Waals surface area contributed by atoms with E-state index in [0.29, 0.717) is 0 Å². The van der Waals surface area contributed by atoms with Crippen LogP contribution in [0, 0.1) is 11.3 Å². The van der Waals surface area contributed by atoms with Crippen molar-refractivity contribution in [1.82, 2.24) is 20.2 Å². The van der Waals surface area contributed by atoms with E-state index in [-0.39, 0.29) is 5.41 Å². The van der Waals surface area contributed by atoms with Gasteiger partial charge in [-0.1, -0.05) is 6.92 Å². The zero-order valence-electron chi connectivity index (χ0n) is 8.77. The van der Waals surface area contributed by atoms with Crippen molar-refractivity contribution in [2.24, 2.45) is 24.1 Å². The van der Waals surface area contributed by atoms with E-state index in [0.717, 1.165) is 24.7 Å². The Labute approximate surface area is 83.7 Å². The minimum atomic E-state index is 0.252. The van der Waals surface area contributed by atoms with E-state index in [1.54, 1.807) is 7.05 Å². The number of aryl methyl sites for hydroxylation is 1. The predicted molar refractivity (Wildman–Crippen MR) is 52.4 cm³/mol. The van der Waals surface area contributed by atoms with Gasteiger partial charge in [0.05, 0.1) is 7.05 Å². The lowest BCUT2D eigenvalue weighted by Gasteiger charge is -2.45. The van der Waals surface area contributed by atoms with E-state index in [2.05, 4.69) is 22.3 Å². The van der Waals surface area contributed by atoms with Crippen LogP contribution >= 0.6 is 0 Å². The highest BCUT2D eigenvalue weighted by Gasteiger charge is 2.41. The molecule has 0 spiro atoms. The van der Waals surface area contributed by atoms with E-state index < -0.39 is 0 Å². The van der Waals surface area contributed by atoms with Crippen LogP contribution in [-0.2, 0) is 13.5 Å². The molecular weight excluding hydrogens is 178 g/mol. The smallest absolute Gasteiger partial charge is 0.175 e. The Balaban J connectivity index is 2.02. The summed E-state index contributed by atoms with van der Waals surface area (Å²) in [6.45, 7) is 2.99. The summed E-state index contributed by atoms with van der Waals surface area (Å²) < 4.78 is 0. The first kappa shape index (κ1) is 9.58. The SMILES string of the molecule is CC1CC(CN)(Cc2nnn(C)n2)C1. The van der Waals surface area contributed by atoms with E-state index in [4.69, 9.17) is 5.73 Å². The number of hydrogen-bond acceptors (Lipinski definition) is 4. The summed E-state index contributed by atoms with van der Waals surface area (Å²) in [6, 6.07) is 0. The highest BCUT2D eigenvalue weighted by atomic mass is 15.6. The van der Waals surface area contributed by atoms with Gasteiger partial charge in [-0.15, -0.1) is 10.2 Å². The molecule has 1 heterocycles. The molecule has 1 saturated carbocycles. The molecule has 1 aliphatic rings. The Morgan fingerprint density at radius 2 is 2.29 bits per heavy atom. The molecule has 1 fully saturated rings. The molecule has 0 atom stereocenters. The Kier molecular flexibility index (Phi) is 2.26. The summed E-state index contributed by atoms with van der Waals surface area (Å²) in [5, 5.41) is 12.0. The molecule has 0 aromatic carbocycles. The fourth-order valence-corrected chi connectivity index (χ4v) is 2.53. The molecule has 5 nitrogen and oxygen atoms in total. The van der Waals surface area contributed by atoms with Gasteiger partial charge < -0.3 is 5.73 Å². The van der Waals surface area contributed by atoms with Crippen molar-refractivity contribution >= 4 is 0 Å². The van der Waals surface area contributed by atoms with Crippen molar-refractivity contribution in [2.45, 2.75) is 26.2 Å². The molecule has 0 saturated heterocycles. The van der Waals surface area contributed by atoms with Crippen LogP contribution in [0.3, 0.4) is 0 Å². The second-order valence-corrected chi connectivity index (χ2v) is 4.59. The third-order valence-corrected chi connectivity index (χ3v) is 3.08. The van der Waals surface area contributed by atoms with E-state index in [1.807, 2.05) is 0 Å². The minimum absolute atomic E-state index is 0.252. The lowest BCUT2D eigenvalue weighted by molar-refractivity contribution is 0.0736. The lowest BCUT2D eigenvalue weighted by atomic mass is 9.61. The molecule has 0 amide bonds. The van der Waals surface area contributed by atoms with Gasteiger partial charge in [0.2, 0.25) is 0 Å². The van der Waals surface area contributed by atoms with Crippen LogP contribution in [0.4, 0.5) is 0 Å². The third-order valence-electron chi connectivity index (χ3n) is 3.08. The number of hydrogen-bond donors (Lipinski definition) is 1. The summed E-state index contributed by atoms with van der Waals surface area (Å²) in [4.78, 5) is 1.50. The van der Waals surface area contributed by atoms with Crippen molar-refractivity contribution in [1.29, 1.82) is 0 Å². The van der Waals surface area contributed by atoms with Gasteiger partial charge in [0.25, 0.3) is 0 Å². The zero-order chi connectivity index (χ0) is 10.2. The summed E-state index contributed by atoms with van der Waals surface area (Å²) in [5.41, 5.74) is 6.06. The van der Waals surface area contributed by atoms with Gasteiger partial charge in [0.1, 0.15) is 0 Å². The zero-order valence-corrected chi connectivity index (χ0v) is 8.77. The molecule has 1 aromatic rings. The molecule has 2 N–H and O–H groups in total. The van der Waals surface area contributed by atoms with Gasteiger partial charge in [-0.3, -0.25) is 0 Å². The summed E-state index contributed by atoms with van der Waals surface area (Å²) in [7, 11) is 1.79. The van der Waals surface area contributed by atoms with Gasteiger partial charge >= 0.3 is 0 Å². The lowest BCUT2D eigenvalue weighted by Crippen LogP contribution is -2.44. The van der Waals surface area contributed by atoms with Crippen LogP contribution in [0.2, 0.25) is 0 Å². The Morgan fingerprint density at radius 3 is 2.71 bits per heavy atom. The number of tetrazole rings is 1. The van der Waals surface area contributed by atoms with Crippen molar-refractivity contribution in [3.63, 3.8) is 0 Å². The maximum Gasteiger partial charge on any atom is 0.175 e. The van der Waals surface area contributed by atoms with Crippen molar-refractivity contribution < 1.29 is 0 Å². The van der Waals surface area contributed by atoms with Crippen LogP contribution in [-0.4, -0.2) is 26.8 Å². The van der Waals surface area contributed by atoms with Gasteiger partial charge in [-0.05, 0) is 35.9 Å². The molecule has 5 heteroatoms. The Hall–Kier alpha value is -0.970. The molecule has 0 bridgehead atoms. The maximum atomic E-state index is 5.80. The molecule has 1 aromatic heterocycles. The second-order valence-electron chi connectivity index (χ2n) is 4.59. The number of nitrogens with two attached hydrogens (primary N) is 1. The van der Waals surface area contributed by atoms with Crippen molar-refractivity contribution in [3.8, 4) is 0 Å². The fourth-order valence-electron chi connectivity index (χ4n) is 2.53. The van der Waals surface area contributed by atoms with Crippen LogP contribution in [0.15, 0.2) is 0 Å². The highest BCUT2D eigenvalue weighted by Crippen LogP contribution is 2.46. The molecule has 0 unspecified atom stereocenters. The maximum absolute atomic E-state index is 5.80. The minimum Gasteiger partial charge on any atom is -0.330 e. The van der Waals surface area contributed by atoms with Crippen LogP contribution in [0.25, 0.3) is 0 Å². The third kappa shape index (κ3) is 1.64. The summed E-state index contributed by atoms with van der Waals surface area (Å²) in [5.74, 6) is 1.63. The number of rotatable bonds is 3. The average Bonchev–Trinajstić information content (AvgIpc) is 2.48. The Bertz CT molecular complexity index is 313. The monoisotopic (exact) mass is 195 g/mol. The molecule has 0 radical (unpaired) electrons. The average molecular weight is 195 g/mol. The van der Waals surface area contributed by atoms with Gasteiger partial charge in [0.15, 0.2) is 5.82 Å². The highest BCUT2D eigenvalue weighted by molar-refractivity contribution is 4.99. The van der Waals surface area contributed by atoms with Crippen LogP contribution < -0.4 is 5.73 Å². The van der Waals surface area contributed by atoms with Crippen LogP contribution in [0.5, 0.6) is 0 Å². The quantitative estimate of drug-likeness (QED) is 0.744. The summed E-state index contributed by atoms with van der Waals surface area (Å²) >= 11 is 0. The number of nitrogens with zero attached hydrogens (tertiary/aromatic N) is 4. The second kappa shape index (κ2) is 3.31. The molecule has 78 valence electrons. The largest absolute Gasteiger partial charge is 0.330 e. The van der Waals surface area contributed by atoms with E-state index >= 15 is 0 Å². The van der Waals surface area contributed by atoms with Crippen LogP contribution in [0.1, 0.15) is 25.6 Å². The van der Waals surface area contributed by atoms with E-state index in [1.165, 1.54) is 17.6 Å².